The molecule has 0 bridgehead atoms. The summed E-state index contributed by atoms with van der Waals surface area (Å²) in [5, 5.41) is 20.2. The SMILES string of the molecule is [2H]c1c([2H])c([2H])c(-c2cccc3sc4c(ccc5c6ccc7c8ccccc8sc7c6n(-c6c(C#N)c(-c7ccccc7)c([N+]#[C-])c(-n7c8cc(-c9ccccc9)ccc8c8ccc(-c9ccccc9)cc87)c6-c6ccccc6)c54)c23)c([2H])c1[2H]. The standard InChI is InChI=1S/C74H42N4S2/c1-76-68-65(48-26-13-5-14-27-48)60(44-75)69(66(49-28-15-6-16-29-49)72(68)77-61-42-50(45-20-7-2-8-21-45)34-36-53(61)54-37-35-51(43-62(54)77)46-22-9-3-10-23-46)78-70-56(38-40-58-55-30-17-18-32-63(55)79-73(58)70)57-39-41-59-67-52(47-24-11-4-12-25-47)31-19-33-64(67)80-74(59)71(57)78/h2-43H/i4D,11D,12D,24D,25D. The molecule has 6 heteroatoms. The topological polar surface area (TPSA) is 38.0 Å². The smallest absolute Gasteiger partial charge is 0.220 e. The maximum atomic E-state index is 12.5. The lowest BCUT2D eigenvalue weighted by Crippen LogP contribution is -2.09. The molecule has 0 fully saturated rings. The molecule has 0 aliphatic heterocycles. The predicted octanol–water partition coefficient (Wildman–Crippen LogP) is 21.4. The summed E-state index contributed by atoms with van der Waals surface area (Å²) in [7, 11) is 0. The molecule has 4 aromatic heterocycles. The molecule has 370 valence electrons. The van der Waals surface area contributed by atoms with Crippen LogP contribution in [0.2, 0.25) is 0 Å². The van der Waals surface area contributed by atoms with Crippen LogP contribution in [0.1, 0.15) is 12.4 Å². The number of nitriles is 1. The first-order chi connectivity index (χ1) is 41.7. The van der Waals surface area contributed by atoms with E-state index in [1.807, 2.05) is 103 Å². The second-order valence-electron chi connectivity index (χ2n) is 20.0. The van der Waals surface area contributed by atoms with Crippen molar-refractivity contribution >= 4 is 112 Å². The van der Waals surface area contributed by atoms with E-state index in [9.17, 15) is 14.6 Å². The molecule has 16 rings (SSSR count). The van der Waals surface area contributed by atoms with Crippen molar-refractivity contribution in [2.45, 2.75) is 0 Å². The van der Waals surface area contributed by atoms with Gasteiger partial charge in [-0.25, -0.2) is 4.85 Å². The maximum absolute atomic E-state index is 12.5. The van der Waals surface area contributed by atoms with Crippen molar-refractivity contribution in [3.05, 3.63) is 272 Å². The third-order valence-corrected chi connectivity index (χ3v) is 18.2. The van der Waals surface area contributed by atoms with Crippen molar-refractivity contribution in [1.82, 2.24) is 9.13 Å². The Morgan fingerprint density at radius 3 is 1.51 bits per heavy atom. The third-order valence-electron chi connectivity index (χ3n) is 15.9. The van der Waals surface area contributed by atoms with E-state index in [4.69, 9.17) is 4.11 Å². The van der Waals surface area contributed by atoms with Crippen molar-refractivity contribution in [3.8, 4) is 73.1 Å². The quantitative estimate of drug-likeness (QED) is 0.147. The summed E-state index contributed by atoms with van der Waals surface area (Å²) in [5.74, 6) is 0. The van der Waals surface area contributed by atoms with Crippen LogP contribution in [0.15, 0.2) is 255 Å². The van der Waals surface area contributed by atoms with Gasteiger partial charge < -0.3 is 9.13 Å². The molecular formula is C74H42N4S2. The van der Waals surface area contributed by atoms with Crippen LogP contribution in [0, 0.1) is 17.9 Å². The molecule has 4 heterocycles. The molecule has 0 aliphatic rings. The van der Waals surface area contributed by atoms with E-state index in [0.29, 0.717) is 44.9 Å². The predicted molar refractivity (Wildman–Crippen MR) is 339 cm³/mol. The Hall–Kier alpha value is -10.3. The van der Waals surface area contributed by atoms with E-state index in [1.165, 1.54) is 0 Å². The van der Waals surface area contributed by atoms with Crippen LogP contribution in [-0.2, 0) is 0 Å². The summed E-state index contributed by atoms with van der Waals surface area (Å²) in [6.45, 7) is 9.62. The largest absolute Gasteiger partial charge is 0.318 e. The molecule has 0 spiro atoms. The zero-order valence-electron chi connectivity index (χ0n) is 47.5. The highest BCUT2D eigenvalue weighted by atomic mass is 32.1. The Morgan fingerprint density at radius 1 is 0.412 bits per heavy atom. The zero-order valence-corrected chi connectivity index (χ0v) is 44.1. The molecule has 0 unspecified atom stereocenters. The van der Waals surface area contributed by atoms with Gasteiger partial charge in [0.1, 0.15) is 6.07 Å². The summed E-state index contributed by atoms with van der Waals surface area (Å²) in [6, 6.07) is 77.9. The van der Waals surface area contributed by atoms with Crippen LogP contribution in [0.25, 0.3) is 156 Å². The van der Waals surface area contributed by atoms with E-state index >= 15 is 0 Å². The Balaban J connectivity index is 1.17. The summed E-state index contributed by atoms with van der Waals surface area (Å²) in [5.41, 5.74) is 12.8. The van der Waals surface area contributed by atoms with Gasteiger partial charge in [-0.3, -0.25) is 0 Å². The van der Waals surface area contributed by atoms with Gasteiger partial charge in [-0.1, -0.05) is 230 Å². The van der Waals surface area contributed by atoms with Crippen LogP contribution in [-0.4, -0.2) is 9.13 Å². The normalized spacial score (nSPS) is 12.6. The van der Waals surface area contributed by atoms with Crippen LogP contribution in [0.4, 0.5) is 5.69 Å². The molecule has 80 heavy (non-hydrogen) atoms. The average molecular weight is 1060 g/mol. The molecule has 0 aliphatic carbocycles. The molecular weight excluding hydrogens is 1010 g/mol. The van der Waals surface area contributed by atoms with Gasteiger partial charge in [0.15, 0.2) is 0 Å². The van der Waals surface area contributed by atoms with Crippen LogP contribution < -0.4 is 0 Å². The molecule has 16 aromatic rings. The number of aromatic nitrogens is 2. The van der Waals surface area contributed by atoms with Crippen molar-refractivity contribution in [2.24, 2.45) is 0 Å². The first-order valence-corrected chi connectivity index (χ1v) is 28.0. The van der Waals surface area contributed by atoms with Gasteiger partial charge in [0.05, 0.1) is 61.8 Å². The Labute approximate surface area is 475 Å². The van der Waals surface area contributed by atoms with Gasteiger partial charge >= 0.3 is 0 Å². The van der Waals surface area contributed by atoms with E-state index in [-0.39, 0.29) is 17.6 Å². The fourth-order valence-electron chi connectivity index (χ4n) is 12.5. The molecule has 12 aromatic carbocycles. The highest BCUT2D eigenvalue weighted by molar-refractivity contribution is 7.27. The van der Waals surface area contributed by atoms with Crippen LogP contribution >= 0.6 is 22.7 Å². The van der Waals surface area contributed by atoms with Crippen molar-refractivity contribution in [1.29, 1.82) is 5.26 Å². The summed E-state index contributed by atoms with van der Waals surface area (Å²) in [6.07, 6.45) is 0. The minimum atomic E-state index is -0.449. The monoisotopic (exact) mass is 1060 g/mol. The van der Waals surface area contributed by atoms with Crippen molar-refractivity contribution < 1.29 is 6.85 Å². The average Bonchev–Trinajstić information content (AvgIpc) is 1.61. The van der Waals surface area contributed by atoms with Gasteiger partial charge in [0.25, 0.3) is 0 Å². The number of fused-ring (bicyclic) bond motifs is 14. The summed E-state index contributed by atoms with van der Waals surface area (Å²) >= 11 is 3.29. The molecule has 0 atom stereocenters. The molecule has 0 N–H and O–H groups in total. The number of rotatable bonds is 7. The number of nitrogens with zero attached hydrogens (tertiary/aromatic N) is 4. The second kappa shape index (κ2) is 18.1. The van der Waals surface area contributed by atoms with Crippen molar-refractivity contribution in [3.63, 3.8) is 0 Å². The zero-order chi connectivity index (χ0) is 57.4. The van der Waals surface area contributed by atoms with Gasteiger partial charge in [0, 0.05) is 63.6 Å². The van der Waals surface area contributed by atoms with Gasteiger partial charge in [-0.15, -0.1) is 22.7 Å². The molecule has 0 amide bonds. The lowest BCUT2D eigenvalue weighted by Gasteiger charge is -2.26. The second-order valence-corrected chi connectivity index (χ2v) is 22.2. The molecule has 4 nitrogen and oxygen atoms in total. The number of hydrogen-bond donors (Lipinski definition) is 0. The van der Waals surface area contributed by atoms with Gasteiger partial charge in [-0.05, 0) is 68.8 Å². The Bertz CT molecular complexity index is 5490. The van der Waals surface area contributed by atoms with Crippen LogP contribution in [0.5, 0.6) is 0 Å². The minimum absolute atomic E-state index is 0.131. The highest BCUT2D eigenvalue weighted by Crippen LogP contribution is 2.55. The summed E-state index contributed by atoms with van der Waals surface area (Å²) in [4.78, 5) is 4.65. The summed E-state index contributed by atoms with van der Waals surface area (Å²) < 4.78 is 53.0. The van der Waals surface area contributed by atoms with Crippen molar-refractivity contribution in [2.75, 3.05) is 0 Å². The number of thiophene rings is 2. The molecule has 0 saturated carbocycles. The minimum Gasteiger partial charge on any atom is -0.318 e. The Kier molecular flexibility index (Phi) is 9.26. The van der Waals surface area contributed by atoms with Gasteiger partial charge in [0.2, 0.25) is 5.69 Å². The highest BCUT2D eigenvalue weighted by Gasteiger charge is 2.33. The van der Waals surface area contributed by atoms with Gasteiger partial charge in [-0.2, -0.15) is 5.26 Å². The lowest BCUT2D eigenvalue weighted by atomic mass is 9.88. The number of benzene rings is 12. The van der Waals surface area contributed by atoms with Crippen LogP contribution in [0.3, 0.4) is 0 Å². The fourth-order valence-corrected chi connectivity index (χ4v) is 15.0. The number of hydrogen-bond acceptors (Lipinski definition) is 3. The van der Waals surface area contributed by atoms with E-state index < -0.39 is 18.1 Å². The lowest BCUT2D eigenvalue weighted by molar-refractivity contribution is 1.14. The first kappa shape index (κ1) is 40.9. The molecule has 0 radical (unpaired) electrons. The Morgan fingerprint density at radius 2 is 0.912 bits per heavy atom. The van der Waals surface area contributed by atoms with E-state index in [1.54, 1.807) is 22.7 Å². The maximum Gasteiger partial charge on any atom is 0.220 e. The first-order valence-electron chi connectivity index (χ1n) is 28.8. The van der Waals surface area contributed by atoms with E-state index in [0.717, 1.165) is 112 Å². The third kappa shape index (κ3) is 6.77. The fraction of sp³-hybridized carbons (Fsp3) is 0. The molecule has 0 saturated heterocycles. The van der Waals surface area contributed by atoms with E-state index in [2.05, 4.69) is 141 Å².